The highest BCUT2D eigenvalue weighted by molar-refractivity contribution is 5.98. The summed E-state index contributed by atoms with van der Waals surface area (Å²) in [5.74, 6) is -0.395. The van der Waals surface area contributed by atoms with Crippen molar-refractivity contribution in [3.8, 4) is 0 Å². The Labute approximate surface area is 72.1 Å². The third kappa shape index (κ3) is 1.65. The number of Topliss-reactive ketones (excluding diaryl/α,β-unsaturated/α-hetero) is 1. The van der Waals surface area contributed by atoms with Gasteiger partial charge in [-0.25, -0.2) is 0 Å². The number of hydrogen-bond acceptors (Lipinski definition) is 3. The fourth-order valence-electron chi connectivity index (χ4n) is 1.40. The van der Waals surface area contributed by atoms with Gasteiger partial charge in [-0.05, 0) is 12.8 Å². The van der Waals surface area contributed by atoms with Crippen molar-refractivity contribution >= 4 is 11.8 Å². The van der Waals surface area contributed by atoms with Crippen LogP contribution in [0.5, 0.6) is 0 Å². The molecule has 0 saturated heterocycles. The van der Waals surface area contributed by atoms with Gasteiger partial charge in [-0.15, -0.1) is 0 Å². The largest absolute Gasteiger partial charge is 0.469 e. The van der Waals surface area contributed by atoms with E-state index in [-0.39, 0.29) is 17.6 Å². The van der Waals surface area contributed by atoms with Gasteiger partial charge in [0.25, 0.3) is 0 Å². The number of ketones is 1. The van der Waals surface area contributed by atoms with Gasteiger partial charge in [0.2, 0.25) is 0 Å². The van der Waals surface area contributed by atoms with Crippen molar-refractivity contribution in [2.75, 3.05) is 7.11 Å². The summed E-state index contributed by atoms with van der Waals surface area (Å²) in [4.78, 5) is 22.2. The van der Waals surface area contributed by atoms with Crippen LogP contribution < -0.4 is 0 Å². The number of carbonyl (C=O) groups is 2. The van der Waals surface area contributed by atoms with Crippen LogP contribution in [0.2, 0.25) is 0 Å². The van der Waals surface area contributed by atoms with E-state index in [0.29, 0.717) is 0 Å². The molecule has 0 aromatic rings. The van der Waals surface area contributed by atoms with Crippen LogP contribution in [0.3, 0.4) is 0 Å². The highest BCUT2D eigenvalue weighted by Crippen LogP contribution is 2.41. The van der Waals surface area contributed by atoms with E-state index in [1.807, 2.05) is 6.92 Å². The number of carbonyl (C=O) groups excluding carboxylic acids is 2. The van der Waals surface area contributed by atoms with Gasteiger partial charge in [0.1, 0.15) is 12.2 Å². The first-order valence-electron chi connectivity index (χ1n) is 4.18. The van der Waals surface area contributed by atoms with E-state index in [1.165, 1.54) is 7.11 Å². The maximum Gasteiger partial charge on any atom is 0.313 e. The van der Waals surface area contributed by atoms with Crippen LogP contribution in [0.1, 0.15) is 32.6 Å². The highest BCUT2D eigenvalue weighted by atomic mass is 16.5. The van der Waals surface area contributed by atoms with Gasteiger partial charge in [0.05, 0.1) is 7.11 Å². The number of methoxy groups -OCH3 is 1. The van der Waals surface area contributed by atoms with Crippen LogP contribution in [0.25, 0.3) is 0 Å². The molecule has 0 radical (unpaired) electrons. The molecular formula is C9H14O3. The molecule has 1 fully saturated rings. The Balaban J connectivity index is 2.42. The minimum atomic E-state index is -0.423. The van der Waals surface area contributed by atoms with Gasteiger partial charge in [-0.2, -0.15) is 0 Å². The van der Waals surface area contributed by atoms with Gasteiger partial charge >= 0.3 is 5.97 Å². The van der Waals surface area contributed by atoms with Crippen LogP contribution >= 0.6 is 0 Å². The second-order valence-electron chi connectivity index (χ2n) is 3.59. The van der Waals surface area contributed by atoms with Gasteiger partial charge in [0, 0.05) is 5.41 Å². The van der Waals surface area contributed by atoms with Gasteiger partial charge in [-0.1, -0.05) is 13.3 Å². The molecule has 3 nitrogen and oxygen atoms in total. The quantitative estimate of drug-likeness (QED) is 0.473. The molecular weight excluding hydrogens is 156 g/mol. The molecule has 0 aromatic carbocycles. The first-order chi connectivity index (χ1) is 5.58. The zero-order valence-electron chi connectivity index (χ0n) is 7.55. The molecule has 0 atom stereocenters. The fraction of sp³-hybridized carbons (Fsp3) is 0.778. The molecule has 0 heterocycles. The fourth-order valence-corrected chi connectivity index (χ4v) is 1.40. The van der Waals surface area contributed by atoms with Crippen LogP contribution in [0.4, 0.5) is 0 Å². The second-order valence-corrected chi connectivity index (χ2v) is 3.59. The van der Waals surface area contributed by atoms with Crippen LogP contribution in [-0.2, 0) is 14.3 Å². The van der Waals surface area contributed by atoms with Crippen LogP contribution in [-0.4, -0.2) is 18.9 Å². The van der Waals surface area contributed by atoms with Crippen molar-refractivity contribution < 1.29 is 14.3 Å². The second kappa shape index (κ2) is 3.25. The summed E-state index contributed by atoms with van der Waals surface area (Å²) >= 11 is 0. The lowest BCUT2D eigenvalue weighted by Crippen LogP contribution is -2.36. The molecule has 1 aliphatic carbocycles. The Bertz CT molecular complexity index is 204. The Morgan fingerprint density at radius 1 is 1.42 bits per heavy atom. The molecule has 0 aromatic heterocycles. The summed E-state index contributed by atoms with van der Waals surface area (Å²) in [6.07, 6.45) is 2.88. The topological polar surface area (TPSA) is 43.4 Å². The van der Waals surface area contributed by atoms with Crippen molar-refractivity contribution in [1.82, 2.24) is 0 Å². The first kappa shape index (κ1) is 9.23. The van der Waals surface area contributed by atoms with E-state index in [2.05, 4.69) is 4.74 Å². The van der Waals surface area contributed by atoms with E-state index >= 15 is 0 Å². The van der Waals surface area contributed by atoms with Crippen LogP contribution in [0.15, 0.2) is 0 Å². The number of ether oxygens (including phenoxy) is 1. The summed E-state index contributed by atoms with van der Waals surface area (Å²) in [6, 6.07) is 0. The summed E-state index contributed by atoms with van der Waals surface area (Å²) < 4.78 is 4.42. The normalized spacial score (nSPS) is 19.5. The molecule has 1 aliphatic rings. The lowest BCUT2D eigenvalue weighted by Gasteiger charge is -2.36. The van der Waals surface area contributed by atoms with Gasteiger partial charge in [-0.3, -0.25) is 9.59 Å². The third-order valence-electron chi connectivity index (χ3n) is 2.66. The summed E-state index contributed by atoms with van der Waals surface area (Å²) in [7, 11) is 1.30. The number of rotatable bonds is 3. The molecule has 68 valence electrons. The van der Waals surface area contributed by atoms with E-state index in [9.17, 15) is 9.59 Å². The molecule has 1 rings (SSSR count). The van der Waals surface area contributed by atoms with Crippen molar-refractivity contribution in [2.24, 2.45) is 5.41 Å². The maximum absolute atomic E-state index is 11.4. The molecule has 3 heteroatoms. The van der Waals surface area contributed by atoms with E-state index in [4.69, 9.17) is 0 Å². The molecule has 0 N–H and O–H groups in total. The smallest absolute Gasteiger partial charge is 0.313 e. The van der Waals surface area contributed by atoms with Crippen molar-refractivity contribution in [3.63, 3.8) is 0 Å². The SMILES string of the molecule is COC(=O)CC(=O)C1(C)CCC1. The standard InChI is InChI=1S/C9H14O3/c1-9(4-3-5-9)7(10)6-8(11)12-2/h3-6H2,1-2H3. The van der Waals surface area contributed by atoms with Crippen molar-refractivity contribution in [1.29, 1.82) is 0 Å². The maximum atomic E-state index is 11.4. The van der Waals surface area contributed by atoms with E-state index in [0.717, 1.165) is 19.3 Å². The minimum absolute atomic E-state index is 0.0283. The zero-order chi connectivity index (χ0) is 9.19. The Kier molecular flexibility index (Phi) is 2.50. The van der Waals surface area contributed by atoms with Crippen molar-refractivity contribution in [2.45, 2.75) is 32.6 Å². The first-order valence-corrected chi connectivity index (χ1v) is 4.18. The Morgan fingerprint density at radius 3 is 2.33 bits per heavy atom. The van der Waals surface area contributed by atoms with Crippen LogP contribution in [0, 0.1) is 5.41 Å². The van der Waals surface area contributed by atoms with Crippen molar-refractivity contribution in [3.05, 3.63) is 0 Å². The molecule has 12 heavy (non-hydrogen) atoms. The molecule has 0 aliphatic heterocycles. The lowest BCUT2D eigenvalue weighted by atomic mass is 9.67. The molecule has 0 bridgehead atoms. The van der Waals surface area contributed by atoms with Gasteiger partial charge in [0.15, 0.2) is 0 Å². The zero-order valence-corrected chi connectivity index (χ0v) is 7.55. The lowest BCUT2D eigenvalue weighted by molar-refractivity contribution is -0.147. The summed E-state index contributed by atoms with van der Waals surface area (Å²) in [5.41, 5.74) is -0.228. The predicted octanol–water partition coefficient (Wildman–Crippen LogP) is 1.31. The highest BCUT2D eigenvalue weighted by Gasteiger charge is 2.39. The predicted molar refractivity (Wildman–Crippen MR) is 43.6 cm³/mol. The monoisotopic (exact) mass is 170 g/mol. The summed E-state index contributed by atoms with van der Waals surface area (Å²) in [5, 5.41) is 0. The average molecular weight is 170 g/mol. The summed E-state index contributed by atoms with van der Waals surface area (Å²) in [6.45, 7) is 1.92. The van der Waals surface area contributed by atoms with E-state index in [1.54, 1.807) is 0 Å². The minimum Gasteiger partial charge on any atom is -0.469 e. The third-order valence-corrected chi connectivity index (χ3v) is 2.66. The molecule has 0 amide bonds. The molecule has 1 saturated carbocycles. The Morgan fingerprint density at radius 2 is 2.00 bits per heavy atom. The van der Waals surface area contributed by atoms with E-state index < -0.39 is 5.97 Å². The van der Waals surface area contributed by atoms with Gasteiger partial charge < -0.3 is 4.74 Å². The Hall–Kier alpha value is -0.860. The molecule has 0 unspecified atom stereocenters. The molecule has 0 spiro atoms. The average Bonchev–Trinajstić information content (AvgIpc) is 1.99. The number of hydrogen-bond donors (Lipinski definition) is 0. The number of esters is 1.